The van der Waals surface area contributed by atoms with Crippen molar-refractivity contribution in [3.05, 3.63) is 23.8 Å². The van der Waals surface area contributed by atoms with Crippen LogP contribution < -0.4 is 25.8 Å². The maximum Gasteiger partial charge on any atom is 0.258 e. The molecule has 1 aliphatic rings. The Bertz CT molecular complexity index is 648. The zero-order chi connectivity index (χ0) is 19.8. The van der Waals surface area contributed by atoms with Crippen LogP contribution in [0.25, 0.3) is 0 Å². The van der Waals surface area contributed by atoms with Crippen molar-refractivity contribution in [3.63, 3.8) is 0 Å². The smallest absolute Gasteiger partial charge is 0.258 e. The molecule has 7 heteroatoms. The standard InChI is InChI=1S/C20H31N3O4/c1-13(2)22-19(24)12-27-17-9-8-14(10-18(17)26-3)20(25)23-16-7-5-4-6-15(16)11-21/h8-10,13,15-16H,4-7,11-12,21H2,1-3H3,(H,22,24)(H,23,25). The first-order valence-corrected chi connectivity index (χ1v) is 9.55. The summed E-state index contributed by atoms with van der Waals surface area (Å²) in [6.45, 7) is 4.24. The van der Waals surface area contributed by atoms with Crippen LogP contribution in [-0.2, 0) is 4.79 Å². The topological polar surface area (TPSA) is 103 Å². The molecule has 0 aliphatic heterocycles. The number of amides is 2. The number of nitrogens with one attached hydrogen (secondary N) is 2. The maximum atomic E-state index is 12.6. The Balaban J connectivity index is 2.01. The van der Waals surface area contributed by atoms with Crippen LogP contribution in [0, 0.1) is 5.92 Å². The quantitative estimate of drug-likeness (QED) is 0.642. The fourth-order valence-corrected chi connectivity index (χ4v) is 3.37. The van der Waals surface area contributed by atoms with Crippen LogP contribution in [0.1, 0.15) is 49.9 Å². The van der Waals surface area contributed by atoms with Gasteiger partial charge in [-0.1, -0.05) is 12.8 Å². The maximum absolute atomic E-state index is 12.6. The number of methoxy groups -OCH3 is 1. The van der Waals surface area contributed by atoms with Crippen LogP contribution in [0.4, 0.5) is 0 Å². The molecule has 2 unspecified atom stereocenters. The highest BCUT2D eigenvalue weighted by Crippen LogP contribution is 2.29. The van der Waals surface area contributed by atoms with Gasteiger partial charge in [-0.15, -0.1) is 0 Å². The van der Waals surface area contributed by atoms with Crippen molar-refractivity contribution in [2.24, 2.45) is 11.7 Å². The molecule has 1 fully saturated rings. The lowest BCUT2D eigenvalue weighted by molar-refractivity contribution is -0.123. The summed E-state index contributed by atoms with van der Waals surface area (Å²) < 4.78 is 10.8. The molecule has 0 spiro atoms. The van der Waals surface area contributed by atoms with Crippen LogP contribution in [0.5, 0.6) is 11.5 Å². The first-order chi connectivity index (χ1) is 12.9. The van der Waals surface area contributed by atoms with Gasteiger partial charge in [0, 0.05) is 17.6 Å². The predicted octanol–water partition coefficient (Wildman–Crippen LogP) is 1.85. The molecule has 1 aromatic rings. The summed E-state index contributed by atoms with van der Waals surface area (Å²) >= 11 is 0. The van der Waals surface area contributed by atoms with Crippen molar-refractivity contribution < 1.29 is 19.1 Å². The van der Waals surface area contributed by atoms with Crippen LogP contribution in [0.2, 0.25) is 0 Å². The second-order valence-corrected chi connectivity index (χ2v) is 7.24. The van der Waals surface area contributed by atoms with Crippen molar-refractivity contribution in [3.8, 4) is 11.5 Å². The Morgan fingerprint density at radius 1 is 1.22 bits per heavy atom. The molecule has 0 heterocycles. The van der Waals surface area contributed by atoms with Gasteiger partial charge in [0.2, 0.25) is 0 Å². The van der Waals surface area contributed by atoms with E-state index in [1.807, 2.05) is 13.8 Å². The zero-order valence-electron chi connectivity index (χ0n) is 16.4. The van der Waals surface area contributed by atoms with Crippen LogP contribution in [0.15, 0.2) is 18.2 Å². The minimum Gasteiger partial charge on any atom is -0.493 e. The van der Waals surface area contributed by atoms with Gasteiger partial charge in [0.05, 0.1) is 7.11 Å². The Kier molecular flexibility index (Phi) is 7.91. The second kappa shape index (κ2) is 10.2. The molecule has 150 valence electrons. The fourth-order valence-electron chi connectivity index (χ4n) is 3.37. The van der Waals surface area contributed by atoms with E-state index >= 15 is 0 Å². The van der Waals surface area contributed by atoms with E-state index < -0.39 is 0 Å². The number of rotatable bonds is 8. The molecule has 7 nitrogen and oxygen atoms in total. The van der Waals surface area contributed by atoms with Crippen molar-refractivity contribution in [2.45, 2.75) is 51.6 Å². The highest BCUT2D eigenvalue weighted by atomic mass is 16.5. The van der Waals surface area contributed by atoms with Gasteiger partial charge >= 0.3 is 0 Å². The fraction of sp³-hybridized carbons (Fsp3) is 0.600. The van der Waals surface area contributed by atoms with E-state index in [0.717, 1.165) is 19.3 Å². The molecule has 2 rings (SSSR count). The van der Waals surface area contributed by atoms with E-state index in [4.69, 9.17) is 15.2 Å². The van der Waals surface area contributed by atoms with Crippen LogP contribution in [-0.4, -0.2) is 44.2 Å². The SMILES string of the molecule is COc1cc(C(=O)NC2CCCCC2CN)ccc1OCC(=O)NC(C)C. The summed E-state index contributed by atoms with van der Waals surface area (Å²) in [6.07, 6.45) is 4.28. The molecule has 0 radical (unpaired) electrons. The summed E-state index contributed by atoms with van der Waals surface area (Å²) in [5, 5.41) is 5.86. The lowest BCUT2D eigenvalue weighted by Crippen LogP contribution is -2.44. The molecular formula is C20H31N3O4. The summed E-state index contributed by atoms with van der Waals surface area (Å²) in [5.74, 6) is 0.804. The normalized spacial score (nSPS) is 19.4. The molecule has 0 aromatic heterocycles. The largest absolute Gasteiger partial charge is 0.493 e. The second-order valence-electron chi connectivity index (χ2n) is 7.24. The number of benzene rings is 1. The summed E-state index contributed by atoms with van der Waals surface area (Å²) in [6, 6.07) is 5.11. The molecule has 1 saturated carbocycles. The van der Waals surface area contributed by atoms with Crippen molar-refractivity contribution in [1.82, 2.24) is 10.6 Å². The highest BCUT2D eigenvalue weighted by Gasteiger charge is 2.26. The van der Waals surface area contributed by atoms with Crippen molar-refractivity contribution >= 4 is 11.8 Å². The monoisotopic (exact) mass is 377 g/mol. The van der Waals surface area contributed by atoms with Crippen molar-refractivity contribution in [1.29, 1.82) is 0 Å². The third-order valence-corrected chi connectivity index (χ3v) is 4.76. The van der Waals surface area contributed by atoms with E-state index in [-0.39, 0.29) is 30.5 Å². The minimum absolute atomic E-state index is 0.0474. The first kappa shape index (κ1) is 21.0. The molecule has 27 heavy (non-hydrogen) atoms. The Morgan fingerprint density at radius 2 is 1.96 bits per heavy atom. The van der Waals surface area contributed by atoms with Gasteiger partial charge in [0.25, 0.3) is 11.8 Å². The molecule has 1 aromatic carbocycles. The first-order valence-electron chi connectivity index (χ1n) is 9.55. The van der Waals surface area contributed by atoms with E-state index in [1.54, 1.807) is 18.2 Å². The third kappa shape index (κ3) is 6.13. The van der Waals surface area contributed by atoms with E-state index in [2.05, 4.69) is 10.6 Å². The number of nitrogens with two attached hydrogens (primary N) is 1. The Labute approximate surface area is 161 Å². The molecule has 4 N–H and O–H groups in total. The molecule has 2 amide bonds. The highest BCUT2D eigenvalue weighted by molar-refractivity contribution is 5.95. The summed E-state index contributed by atoms with van der Waals surface area (Å²) in [4.78, 5) is 24.4. The lowest BCUT2D eigenvalue weighted by Gasteiger charge is -2.31. The van der Waals surface area contributed by atoms with Crippen molar-refractivity contribution in [2.75, 3.05) is 20.3 Å². The average Bonchev–Trinajstić information content (AvgIpc) is 2.66. The van der Waals surface area contributed by atoms with Gasteiger partial charge in [-0.05, 0) is 57.4 Å². The summed E-state index contributed by atoms with van der Waals surface area (Å²) in [7, 11) is 1.50. The van der Waals surface area contributed by atoms with Crippen LogP contribution in [0.3, 0.4) is 0 Å². The predicted molar refractivity (Wildman–Crippen MR) is 104 cm³/mol. The lowest BCUT2D eigenvalue weighted by atomic mass is 9.84. The molecule has 2 atom stereocenters. The van der Waals surface area contributed by atoms with E-state index in [9.17, 15) is 9.59 Å². The minimum atomic E-state index is -0.209. The number of hydrogen-bond donors (Lipinski definition) is 3. The average molecular weight is 377 g/mol. The molecule has 0 bridgehead atoms. The van der Waals surface area contributed by atoms with Crippen LogP contribution >= 0.6 is 0 Å². The molecular weight excluding hydrogens is 346 g/mol. The van der Waals surface area contributed by atoms with Gasteiger partial charge in [-0.2, -0.15) is 0 Å². The van der Waals surface area contributed by atoms with Gasteiger partial charge in [-0.3, -0.25) is 9.59 Å². The Morgan fingerprint density at radius 3 is 2.63 bits per heavy atom. The number of carbonyl (C=O) groups excluding carboxylic acids is 2. The summed E-state index contributed by atoms with van der Waals surface area (Å²) in [5.41, 5.74) is 6.33. The van der Waals surface area contributed by atoms with E-state index in [1.165, 1.54) is 13.5 Å². The van der Waals surface area contributed by atoms with Gasteiger partial charge in [0.1, 0.15) is 0 Å². The molecule has 0 saturated heterocycles. The van der Waals surface area contributed by atoms with Gasteiger partial charge in [-0.25, -0.2) is 0 Å². The Hall–Kier alpha value is -2.28. The third-order valence-electron chi connectivity index (χ3n) is 4.76. The van der Waals surface area contributed by atoms with Gasteiger partial charge < -0.3 is 25.8 Å². The molecule has 1 aliphatic carbocycles. The van der Waals surface area contributed by atoms with E-state index in [0.29, 0.717) is 29.5 Å². The zero-order valence-corrected chi connectivity index (χ0v) is 16.4. The number of ether oxygens (including phenoxy) is 2. The van der Waals surface area contributed by atoms with Gasteiger partial charge in [0.15, 0.2) is 18.1 Å². The number of hydrogen-bond acceptors (Lipinski definition) is 5. The number of carbonyl (C=O) groups is 2.